The van der Waals surface area contributed by atoms with E-state index in [9.17, 15) is 9.90 Å². The summed E-state index contributed by atoms with van der Waals surface area (Å²) < 4.78 is 0. The Bertz CT molecular complexity index is 470. The first-order valence-electron chi connectivity index (χ1n) is 6.97. The van der Waals surface area contributed by atoms with E-state index in [0.29, 0.717) is 30.8 Å². The molecule has 0 radical (unpaired) electrons. The average molecular weight is 277 g/mol. The molecule has 0 unspecified atom stereocenters. The summed E-state index contributed by atoms with van der Waals surface area (Å²) in [5.74, 6) is -0.0625. The highest BCUT2D eigenvalue weighted by atomic mass is 16.3. The Morgan fingerprint density at radius 1 is 1.45 bits per heavy atom. The molecule has 20 heavy (non-hydrogen) atoms. The zero-order chi connectivity index (χ0) is 14.8. The van der Waals surface area contributed by atoms with Crippen LogP contribution in [0.3, 0.4) is 0 Å². The third-order valence-electron chi connectivity index (χ3n) is 3.87. The van der Waals surface area contributed by atoms with Crippen LogP contribution in [-0.4, -0.2) is 41.1 Å². The van der Waals surface area contributed by atoms with E-state index in [-0.39, 0.29) is 5.91 Å². The van der Waals surface area contributed by atoms with Crippen LogP contribution in [0.1, 0.15) is 25.3 Å². The molecule has 1 aromatic carbocycles. The van der Waals surface area contributed by atoms with E-state index in [1.807, 2.05) is 26.0 Å². The van der Waals surface area contributed by atoms with Crippen molar-refractivity contribution in [3.63, 3.8) is 0 Å². The molecule has 0 aromatic heterocycles. The maximum Gasteiger partial charge on any atom is 0.238 e. The molecule has 0 spiro atoms. The largest absolute Gasteiger partial charge is 0.397 e. The fourth-order valence-electron chi connectivity index (χ4n) is 2.44. The van der Waals surface area contributed by atoms with Gasteiger partial charge >= 0.3 is 0 Å². The molecule has 1 fully saturated rings. The maximum atomic E-state index is 12.1. The lowest BCUT2D eigenvalue weighted by atomic mass is 9.94. The van der Waals surface area contributed by atoms with Gasteiger partial charge in [0.1, 0.15) is 0 Å². The second-order valence-electron chi connectivity index (χ2n) is 5.86. The SMILES string of the molecule is Cc1cccc(N)c1NC(=O)CN1CCC(C)(O)CC1. The van der Waals surface area contributed by atoms with Crippen molar-refractivity contribution in [2.24, 2.45) is 0 Å². The first kappa shape index (κ1) is 14.8. The summed E-state index contributed by atoms with van der Waals surface area (Å²) in [7, 11) is 0. The Balaban J connectivity index is 1.90. The van der Waals surface area contributed by atoms with E-state index >= 15 is 0 Å². The number of hydrogen-bond acceptors (Lipinski definition) is 4. The smallest absolute Gasteiger partial charge is 0.238 e. The number of aryl methyl sites for hydroxylation is 1. The molecule has 1 aromatic rings. The topological polar surface area (TPSA) is 78.6 Å². The standard InChI is InChI=1S/C15H23N3O2/c1-11-4-3-5-12(16)14(11)17-13(19)10-18-8-6-15(2,20)7-9-18/h3-5,20H,6-10,16H2,1-2H3,(H,17,19). The minimum absolute atomic E-state index is 0.0625. The van der Waals surface area contributed by atoms with Gasteiger partial charge in [0.05, 0.1) is 23.5 Å². The van der Waals surface area contributed by atoms with Crippen LogP contribution in [0.5, 0.6) is 0 Å². The van der Waals surface area contributed by atoms with Gasteiger partial charge in [-0.05, 0) is 38.3 Å². The summed E-state index contributed by atoms with van der Waals surface area (Å²) in [6, 6.07) is 5.57. The van der Waals surface area contributed by atoms with Crippen LogP contribution in [0.2, 0.25) is 0 Å². The van der Waals surface area contributed by atoms with Crippen molar-refractivity contribution in [2.45, 2.75) is 32.3 Å². The highest BCUT2D eigenvalue weighted by molar-refractivity contribution is 5.96. The van der Waals surface area contributed by atoms with E-state index in [1.165, 1.54) is 0 Å². The van der Waals surface area contributed by atoms with Gasteiger partial charge in [-0.15, -0.1) is 0 Å². The van der Waals surface area contributed by atoms with Gasteiger partial charge in [0.15, 0.2) is 0 Å². The second kappa shape index (κ2) is 5.81. The number of nitrogen functional groups attached to an aromatic ring is 1. The van der Waals surface area contributed by atoms with Crippen molar-refractivity contribution in [3.05, 3.63) is 23.8 Å². The predicted molar refractivity (Wildman–Crippen MR) is 80.5 cm³/mol. The lowest BCUT2D eigenvalue weighted by Crippen LogP contribution is -2.45. The molecule has 110 valence electrons. The molecule has 0 atom stereocenters. The number of nitrogens with two attached hydrogens (primary N) is 1. The van der Waals surface area contributed by atoms with Gasteiger partial charge < -0.3 is 16.2 Å². The van der Waals surface area contributed by atoms with Gasteiger partial charge in [-0.2, -0.15) is 0 Å². The second-order valence-corrected chi connectivity index (χ2v) is 5.86. The van der Waals surface area contributed by atoms with Gasteiger partial charge in [-0.1, -0.05) is 12.1 Å². The summed E-state index contributed by atoms with van der Waals surface area (Å²) in [6.45, 7) is 5.58. The van der Waals surface area contributed by atoms with Gasteiger partial charge in [-0.3, -0.25) is 9.69 Å². The minimum atomic E-state index is -0.590. The van der Waals surface area contributed by atoms with Gasteiger partial charge in [0.2, 0.25) is 5.91 Å². The fourth-order valence-corrected chi connectivity index (χ4v) is 2.44. The molecular weight excluding hydrogens is 254 g/mol. The Labute approximate surface area is 119 Å². The van der Waals surface area contributed by atoms with Crippen molar-refractivity contribution in [1.29, 1.82) is 0 Å². The lowest BCUT2D eigenvalue weighted by molar-refractivity contribution is -0.118. The first-order valence-corrected chi connectivity index (χ1v) is 6.97. The highest BCUT2D eigenvalue weighted by Crippen LogP contribution is 2.23. The number of nitrogens with one attached hydrogen (secondary N) is 1. The molecule has 0 aliphatic carbocycles. The molecular formula is C15H23N3O2. The highest BCUT2D eigenvalue weighted by Gasteiger charge is 2.28. The minimum Gasteiger partial charge on any atom is -0.397 e. The molecule has 0 bridgehead atoms. The third kappa shape index (κ3) is 3.71. The van der Waals surface area contributed by atoms with Crippen LogP contribution in [0.4, 0.5) is 11.4 Å². The number of nitrogens with zero attached hydrogens (tertiary/aromatic N) is 1. The third-order valence-corrected chi connectivity index (χ3v) is 3.87. The summed E-state index contributed by atoms with van der Waals surface area (Å²) in [6.07, 6.45) is 1.40. The van der Waals surface area contributed by atoms with Crippen LogP contribution < -0.4 is 11.1 Å². The summed E-state index contributed by atoms with van der Waals surface area (Å²) in [5.41, 5.74) is 7.52. The molecule has 4 N–H and O–H groups in total. The Hall–Kier alpha value is -1.59. The van der Waals surface area contributed by atoms with E-state index in [4.69, 9.17) is 5.73 Å². The number of rotatable bonds is 3. The van der Waals surface area contributed by atoms with Crippen molar-refractivity contribution < 1.29 is 9.90 Å². The number of anilines is 2. The van der Waals surface area contributed by atoms with E-state index in [2.05, 4.69) is 10.2 Å². The quantitative estimate of drug-likeness (QED) is 0.729. The number of para-hydroxylation sites is 1. The monoisotopic (exact) mass is 277 g/mol. The Morgan fingerprint density at radius 2 is 2.10 bits per heavy atom. The summed E-state index contributed by atoms with van der Waals surface area (Å²) in [4.78, 5) is 14.1. The molecule has 5 nitrogen and oxygen atoms in total. The molecule has 1 amide bonds. The number of likely N-dealkylation sites (tertiary alicyclic amines) is 1. The summed E-state index contributed by atoms with van der Waals surface area (Å²) >= 11 is 0. The number of piperidine rings is 1. The number of benzene rings is 1. The Kier molecular flexibility index (Phi) is 4.30. The van der Waals surface area contributed by atoms with Crippen LogP contribution in [-0.2, 0) is 4.79 Å². The molecule has 1 aliphatic rings. The van der Waals surface area contributed by atoms with Crippen molar-refractivity contribution in [1.82, 2.24) is 4.90 Å². The lowest BCUT2D eigenvalue weighted by Gasteiger charge is -2.35. The molecule has 1 saturated heterocycles. The molecule has 1 heterocycles. The first-order chi connectivity index (χ1) is 9.37. The Morgan fingerprint density at radius 3 is 2.70 bits per heavy atom. The van der Waals surface area contributed by atoms with Gasteiger partial charge in [0, 0.05) is 13.1 Å². The number of carbonyl (C=O) groups is 1. The molecule has 0 saturated carbocycles. The fraction of sp³-hybridized carbons (Fsp3) is 0.533. The van der Waals surface area contributed by atoms with Crippen LogP contribution >= 0.6 is 0 Å². The van der Waals surface area contributed by atoms with Gasteiger partial charge in [-0.25, -0.2) is 0 Å². The molecule has 5 heteroatoms. The zero-order valence-corrected chi connectivity index (χ0v) is 12.1. The van der Waals surface area contributed by atoms with E-state index < -0.39 is 5.60 Å². The molecule has 1 aliphatic heterocycles. The van der Waals surface area contributed by atoms with Crippen molar-refractivity contribution in [2.75, 3.05) is 30.7 Å². The predicted octanol–water partition coefficient (Wildman–Crippen LogP) is 1.36. The number of amides is 1. The van der Waals surface area contributed by atoms with Crippen LogP contribution in [0, 0.1) is 6.92 Å². The van der Waals surface area contributed by atoms with Crippen LogP contribution in [0.15, 0.2) is 18.2 Å². The van der Waals surface area contributed by atoms with Gasteiger partial charge in [0.25, 0.3) is 0 Å². The number of hydrogen-bond donors (Lipinski definition) is 3. The van der Waals surface area contributed by atoms with Crippen molar-refractivity contribution in [3.8, 4) is 0 Å². The summed E-state index contributed by atoms with van der Waals surface area (Å²) in [5, 5.41) is 12.8. The maximum absolute atomic E-state index is 12.1. The van der Waals surface area contributed by atoms with E-state index in [1.54, 1.807) is 6.07 Å². The molecule has 2 rings (SSSR count). The normalized spacial score (nSPS) is 18.8. The van der Waals surface area contributed by atoms with E-state index in [0.717, 1.165) is 18.7 Å². The zero-order valence-electron chi connectivity index (χ0n) is 12.1. The number of aliphatic hydroxyl groups is 1. The van der Waals surface area contributed by atoms with Crippen molar-refractivity contribution >= 4 is 17.3 Å². The number of carbonyl (C=O) groups excluding carboxylic acids is 1. The van der Waals surface area contributed by atoms with Crippen LogP contribution in [0.25, 0.3) is 0 Å². The average Bonchev–Trinajstić information content (AvgIpc) is 2.37.